The van der Waals surface area contributed by atoms with Gasteiger partial charge in [0.05, 0.1) is 7.11 Å². The van der Waals surface area contributed by atoms with Crippen LogP contribution in [0.25, 0.3) is 0 Å². The number of nitrogens with one attached hydrogen (secondary N) is 2. The van der Waals surface area contributed by atoms with Gasteiger partial charge in [-0.3, -0.25) is 9.69 Å². The molecule has 6 nitrogen and oxygen atoms in total. The van der Waals surface area contributed by atoms with Crippen LogP contribution < -0.4 is 20.1 Å². The van der Waals surface area contributed by atoms with Crippen molar-refractivity contribution in [3.05, 3.63) is 23.8 Å². The van der Waals surface area contributed by atoms with Crippen LogP contribution in [0.1, 0.15) is 26.3 Å². The van der Waals surface area contributed by atoms with Crippen molar-refractivity contribution in [3.8, 4) is 11.5 Å². The number of benzene rings is 1. The molecule has 1 atom stereocenters. The van der Waals surface area contributed by atoms with Crippen LogP contribution in [0, 0.1) is 0 Å². The van der Waals surface area contributed by atoms with E-state index < -0.39 is 0 Å². The molecule has 2 rings (SSSR count). The van der Waals surface area contributed by atoms with Crippen molar-refractivity contribution in [2.75, 3.05) is 40.4 Å². The highest BCUT2D eigenvalue weighted by molar-refractivity contribution is 5.85. The average Bonchev–Trinajstić information content (AvgIpc) is 2.63. The van der Waals surface area contributed by atoms with Crippen molar-refractivity contribution >= 4 is 18.3 Å². The number of hydrogen-bond acceptors (Lipinski definition) is 5. The molecule has 0 aromatic heterocycles. The first-order valence-corrected chi connectivity index (χ1v) is 8.59. The minimum atomic E-state index is -0.166. The number of hydrogen-bond donors (Lipinski definition) is 2. The average molecular weight is 374 g/mol. The zero-order valence-corrected chi connectivity index (χ0v) is 16.7. The highest BCUT2D eigenvalue weighted by Gasteiger charge is 2.18. The molecule has 1 amide bonds. The van der Waals surface area contributed by atoms with E-state index in [1.54, 1.807) is 14.2 Å². The molecule has 1 saturated heterocycles. The summed E-state index contributed by atoms with van der Waals surface area (Å²) in [5.41, 5.74) is 1.18. The van der Waals surface area contributed by atoms with E-state index in [2.05, 4.69) is 22.5 Å². The van der Waals surface area contributed by atoms with Gasteiger partial charge in [0.2, 0.25) is 0 Å². The number of carbonyl (C=O) groups is 1. The Hall–Kier alpha value is -1.50. The fourth-order valence-corrected chi connectivity index (χ4v) is 2.50. The van der Waals surface area contributed by atoms with Gasteiger partial charge in [-0.2, -0.15) is 0 Å². The highest BCUT2D eigenvalue weighted by atomic mass is 35.5. The van der Waals surface area contributed by atoms with Gasteiger partial charge < -0.3 is 20.1 Å². The summed E-state index contributed by atoms with van der Waals surface area (Å²) in [4.78, 5) is 13.7. The molecule has 144 valence electrons. The lowest BCUT2D eigenvalue weighted by atomic mass is 10.1. The number of carbonyl (C=O) groups excluding carboxylic acids is 1. The summed E-state index contributed by atoms with van der Waals surface area (Å²) in [5, 5.41) is 5.92. The van der Waals surface area contributed by atoms with Gasteiger partial charge in [-0.25, -0.2) is 0 Å². The lowest BCUT2D eigenvalue weighted by molar-refractivity contribution is -0.122. The van der Waals surface area contributed by atoms with Gasteiger partial charge in [0.1, 0.15) is 0 Å². The molecule has 7 heteroatoms. The first-order valence-electron chi connectivity index (χ1n) is 8.59. The number of piperazine rings is 1. The zero-order chi connectivity index (χ0) is 17.9. The molecular formula is C18H32ClN3O3. The van der Waals surface area contributed by atoms with E-state index in [0.29, 0.717) is 17.5 Å². The third-order valence-corrected chi connectivity index (χ3v) is 3.89. The van der Waals surface area contributed by atoms with Crippen molar-refractivity contribution in [2.45, 2.75) is 33.4 Å². The van der Waals surface area contributed by atoms with E-state index in [4.69, 9.17) is 9.47 Å². The summed E-state index contributed by atoms with van der Waals surface area (Å²) in [6.07, 6.45) is 0. The Morgan fingerprint density at radius 1 is 1.36 bits per heavy atom. The topological polar surface area (TPSA) is 62.8 Å². The van der Waals surface area contributed by atoms with Gasteiger partial charge in [-0.15, -0.1) is 12.4 Å². The lowest BCUT2D eigenvalue weighted by Gasteiger charge is -2.34. The van der Waals surface area contributed by atoms with E-state index in [1.807, 2.05) is 32.0 Å². The van der Waals surface area contributed by atoms with E-state index in [-0.39, 0.29) is 24.9 Å². The monoisotopic (exact) mass is 373 g/mol. The first-order chi connectivity index (χ1) is 11.6. The summed E-state index contributed by atoms with van der Waals surface area (Å²) in [6.45, 7) is 10.2. The minimum absolute atomic E-state index is 0. The van der Waals surface area contributed by atoms with Crippen molar-refractivity contribution < 1.29 is 14.3 Å². The smallest absolute Gasteiger partial charge is 0.257 e. The molecule has 2 N–H and O–H groups in total. The molecule has 1 heterocycles. The van der Waals surface area contributed by atoms with Crippen molar-refractivity contribution in [1.82, 2.24) is 15.5 Å². The van der Waals surface area contributed by atoms with Gasteiger partial charge in [0, 0.05) is 39.3 Å². The Morgan fingerprint density at radius 3 is 2.68 bits per heavy atom. The minimum Gasteiger partial charge on any atom is -0.493 e. The normalized spacial score (nSPS) is 16.8. The zero-order valence-electron chi connectivity index (χ0n) is 15.9. The summed E-state index contributed by atoms with van der Waals surface area (Å²) in [5.74, 6) is 1.08. The number of ether oxygens (including phenoxy) is 2. The summed E-state index contributed by atoms with van der Waals surface area (Å²) < 4.78 is 10.9. The molecule has 1 aromatic carbocycles. The van der Waals surface area contributed by atoms with Crippen molar-refractivity contribution in [3.63, 3.8) is 0 Å². The summed E-state index contributed by atoms with van der Waals surface area (Å²) in [7, 11) is 3.19. The van der Waals surface area contributed by atoms with Crippen LogP contribution in [0.15, 0.2) is 18.2 Å². The molecule has 0 spiro atoms. The molecule has 0 bridgehead atoms. The number of rotatable bonds is 6. The Labute approximate surface area is 157 Å². The van der Waals surface area contributed by atoms with Gasteiger partial charge in [-0.05, 0) is 24.6 Å². The maximum absolute atomic E-state index is 11.3. The Bertz CT molecular complexity index is 514. The van der Waals surface area contributed by atoms with Gasteiger partial charge in [0.25, 0.3) is 5.91 Å². The van der Waals surface area contributed by atoms with Crippen LogP contribution >= 0.6 is 12.4 Å². The second-order valence-corrected chi connectivity index (χ2v) is 5.47. The maximum Gasteiger partial charge on any atom is 0.257 e. The lowest BCUT2D eigenvalue weighted by Crippen LogP contribution is -2.49. The van der Waals surface area contributed by atoms with Crippen molar-refractivity contribution in [1.29, 1.82) is 0 Å². The molecule has 0 radical (unpaired) electrons. The molecule has 1 aliphatic heterocycles. The molecule has 0 saturated carbocycles. The Kier molecular flexibility index (Phi) is 12.0. The third kappa shape index (κ3) is 7.50. The Balaban J connectivity index is 0.00000185. The maximum atomic E-state index is 11.3. The van der Waals surface area contributed by atoms with Crippen LogP contribution in [-0.2, 0) is 11.3 Å². The summed E-state index contributed by atoms with van der Waals surface area (Å²) in [6, 6.07) is 6.39. The quantitative estimate of drug-likeness (QED) is 0.799. The molecule has 1 aromatic rings. The number of amides is 1. The molecule has 25 heavy (non-hydrogen) atoms. The molecule has 1 fully saturated rings. The van der Waals surface area contributed by atoms with E-state index in [1.165, 1.54) is 5.56 Å². The number of likely N-dealkylation sites (N-methyl/N-ethyl adjacent to an activating group) is 1. The molecule has 1 aliphatic rings. The standard InChI is InChI=1S/C16H25N3O3.C2H6.ClH/c1-12-9-18-6-7-19(12)10-13-4-5-14(15(8-13)21-3)22-11-16(20)17-2;1-2;/h4-5,8,12,18H,6-7,9-11H2,1-3H3,(H,17,20);1-2H3;1H/t12-;;/m1../s1. The number of halogens is 1. The highest BCUT2D eigenvalue weighted by Crippen LogP contribution is 2.28. The molecule has 0 aliphatic carbocycles. The van der Waals surface area contributed by atoms with Gasteiger partial charge in [-0.1, -0.05) is 19.9 Å². The van der Waals surface area contributed by atoms with E-state index in [9.17, 15) is 4.79 Å². The van der Waals surface area contributed by atoms with Crippen LogP contribution in [0.2, 0.25) is 0 Å². The second-order valence-electron chi connectivity index (χ2n) is 5.47. The fraction of sp³-hybridized carbons (Fsp3) is 0.611. The third-order valence-electron chi connectivity index (χ3n) is 3.89. The largest absolute Gasteiger partial charge is 0.493 e. The van der Waals surface area contributed by atoms with Crippen LogP contribution in [0.3, 0.4) is 0 Å². The van der Waals surface area contributed by atoms with E-state index >= 15 is 0 Å². The predicted molar refractivity (Wildman–Crippen MR) is 104 cm³/mol. The van der Waals surface area contributed by atoms with Crippen LogP contribution in [0.5, 0.6) is 11.5 Å². The van der Waals surface area contributed by atoms with Gasteiger partial charge in [0.15, 0.2) is 18.1 Å². The van der Waals surface area contributed by atoms with Crippen LogP contribution in [0.4, 0.5) is 0 Å². The molecule has 0 unspecified atom stereocenters. The van der Waals surface area contributed by atoms with Gasteiger partial charge >= 0.3 is 0 Å². The SMILES string of the molecule is CC.CNC(=O)COc1ccc(CN2CCNC[C@H]2C)cc1OC.Cl. The van der Waals surface area contributed by atoms with E-state index in [0.717, 1.165) is 26.2 Å². The van der Waals surface area contributed by atoms with Crippen molar-refractivity contribution in [2.24, 2.45) is 0 Å². The Morgan fingerprint density at radius 2 is 2.08 bits per heavy atom. The van der Waals surface area contributed by atoms with Crippen LogP contribution in [-0.4, -0.2) is 57.2 Å². The molecular weight excluding hydrogens is 342 g/mol. The predicted octanol–water partition coefficient (Wildman–Crippen LogP) is 2.06. The first kappa shape index (κ1) is 23.5. The number of methoxy groups -OCH3 is 1. The second kappa shape index (κ2) is 12.8. The fourth-order valence-electron chi connectivity index (χ4n) is 2.50. The summed E-state index contributed by atoms with van der Waals surface area (Å²) >= 11 is 0. The number of nitrogens with zero attached hydrogens (tertiary/aromatic N) is 1.